The molecule has 0 spiro atoms. The molecule has 0 saturated heterocycles. The van der Waals surface area contributed by atoms with Crippen molar-refractivity contribution in [3.8, 4) is 0 Å². The van der Waals surface area contributed by atoms with E-state index in [1.54, 1.807) is 19.9 Å². The highest BCUT2D eigenvalue weighted by atomic mass is 35.5. The van der Waals surface area contributed by atoms with Crippen molar-refractivity contribution in [3.05, 3.63) is 27.2 Å². The predicted octanol–water partition coefficient (Wildman–Crippen LogP) is 3.37. The smallest absolute Gasteiger partial charge is 0.242 e. The Kier molecular flexibility index (Phi) is 5.45. The molecule has 124 valence electrons. The predicted molar refractivity (Wildman–Crippen MR) is 91.4 cm³/mol. The largest absolute Gasteiger partial charge is 0.299 e. The summed E-state index contributed by atoms with van der Waals surface area (Å²) >= 11 is 12.3. The number of benzene rings is 1. The Morgan fingerprint density at radius 3 is 2.50 bits per heavy atom. The van der Waals surface area contributed by atoms with E-state index in [4.69, 9.17) is 23.2 Å². The summed E-state index contributed by atoms with van der Waals surface area (Å²) in [6.07, 6.45) is 2.37. The molecule has 1 fully saturated rings. The lowest BCUT2D eigenvalue weighted by Crippen LogP contribution is -2.41. The summed E-state index contributed by atoms with van der Waals surface area (Å²) < 4.78 is 27.9. The van der Waals surface area contributed by atoms with Gasteiger partial charge < -0.3 is 0 Å². The minimum absolute atomic E-state index is 0.0837. The van der Waals surface area contributed by atoms with E-state index >= 15 is 0 Å². The Labute approximate surface area is 142 Å². The fourth-order valence-electron chi connectivity index (χ4n) is 2.42. The van der Waals surface area contributed by atoms with E-state index in [9.17, 15) is 8.42 Å². The highest BCUT2D eigenvalue weighted by Gasteiger charge is 2.30. The average Bonchev–Trinajstić information content (AvgIpc) is 3.26. The summed E-state index contributed by atoms with van der Waals surface area (Å²) in [5, 5.41) is 0.642. The van der Waals surface area contributed by atoms with Crippen molar-refractivity contribution in [3.63, 3.8) is 0 Å². The molecule has 22 heavy (non-hydrogen) atoms. The van der Waals surface area contributed by atoms with Gasteiger partial charge in [-0.05, 0) is 57.9 Å². The summed E-state index contributed by atoms with van der Waals surface area (Å²) in [4.78, 5) is 2.29. The maximum atomic E-state index is 12.6. The molecule has 0 amide bonds. The molecule has 1 N–H and O–H groups in total. The minimum Gasteiger partial charge on any atom is -0.299 e. The first-order chi connectivity index (χ1) is 10.1. The Balaban J connectivity index is 2.20. The van der Waals surface area contributed by atoms with Crippen molar-refractivity contribution in [2.45, 2.75) is 50.6 Å². The Morgan fingerprint density at radius 1 is 1.36 bits per heavy atom. The van der Waals surface area contributed by atoms with Gasteiger partial charge in [-0.2, -0.15) is 0 Å². The van der Waals surface area contributed by atoms with Gasteiger partial charge in [-0.25, -0.2) is 13.1 Å². The number of likely N-dealkylation sites (N-methyl/N-ethyl adjacent to an activating group) is 1. The van der Waals surface area contributed by atoms with Crippen LogP contribution in [-0.2, 0) is 10.0 Å². The van der Waals surface area contributed by atoms with Crippen LogP contribution in [-0.4, -0.2) is 39.0 Å². The van der Waals surface area contributed by atoms with Crippen molar-refractivity contribution in [1.82, 2.24) is 9.62 Å². The zero-order valence-corrected chi connectivity index (χ0v) is 15.6. The van der Waals surface area contributed by atoms with E-state index < -0.39 is 10.0 Å². The third-order valence-corrected chi connectivity index (χ3v) is 6.83. The highest BCUT2D eigenvalue weighted by Crippen LogP contribution is 2.33. The second-order valence-electron chi connectivity index (χ2n) is 6.04. The molecule has 1 atom stereocenters. The molecule has 4 nitrogen and oxygen atoms in total. The number of aryl methyl sites for hydroxylation is 1. The fourth-order valence-corrected chi connectivity index (χ4v) is 4.75. The van der Waals surface area contributed by atoms with Crippen molar-refractivity contribution in [2.75, 3.05) is 13.6 Å². The van der Waals surface area contributed by atoms with Gasteiger partial charge in [0.2, 0.25) is 10.0 Å². The van der Waals surface area contributed by atoms with E-state index in [0.29, 0.717) is 28.7 Å². The number of hydrogen-bond donors (Lipinski definition) is 1. The van der Waals surface area contributed by atoms with Gasteiger partial charge in [0.05, 0.1) is 5.02 Å². The Hall–Kier alpha value is -0.330. The van der Waals surface area contributed by atoms with Gasteiger partial charge >= 0.3 is 0 Å². The molecule has 1 unspecified atom stereocenters. The number of rotatable bonds is 6. The van der Waals surface area contributed by atoms with Gasteiger partial charge in [0.25, 0.3) is 0 Å². The standard InChI is InChI=1S/C15H22Cl2N2O2S/c1-9-7-13(16)11(3)15(14(9)17)22(20,21)18-8-10(2)19(4)12-5-6-12/h7,10,12,18H,5-6,8H2,1-4H3. The molecule has 1 aromatic carbocycles. The third kappa shape index (κ3) is 3.77. The topological polar surface area (TPSA) is 49.4 Å². The van der Waals surface area contributed by atoms with Crippen LogP contribution in [0, 0.1) is 13.8 Å². The average molecular weight is 365 g/mol. The van der Waals surface area contributed by atoms with Gasteiger partial charge in [0.15, 0.2) is 0 Å². The minimum atomic E-state index is -3.69. The zero-order chi connectivity index (χ0) is 16.7. The van der Waals surface area contributed by atoms with Gasteiger partial charge in [-0.1, -0.05) is 23.2 Å². The quantitative estimate of drug-likeness (QED) is 0.841. The fraction of sp³-hybridized carbons (Fsp3) is 0.600. The number of hydrogen-bond acceptors (Lipinski definition) is 3. The van der Waals surface area contributed by atoms with Crippen LogP contribution in [0.3, 0.4) is 0 Å². The van der Waals surface area contributed by atoms with E-state index in [-0.39, 0.29) is 16.0 Å². The normalized spacial score (nSPS) is 17.0. The summed E-state index contributed by atoms with van der Waals surface area (Å²) in [6, 6.07) is 2.39. The number of sulfonamides is 1. The van der Waals surface area contributed by atoms with Crippen LogP contribution in [0.2, 0.25) is 10.0 Å². The van der Waals surface area contributed by atoms with Crippen molar-refractivity contribution >= 4 is 33.2 Å². The molecule has 1 saturated carbocycles. The molecule has 1 aromatic rings. The van der Waals surface area contributed by atoms with Crippen LogP contribution in [0.15, 0.2) is 11.0 Å². The number of nitrogens with one attached hydrogen (secondary N) is 1. The van der Waals surface area contributed by atoms with Crippen LogP contribution >= 0.6 is 23.2 Å². The molecule has 7 heteroatoms. The lowest BCUT2D eigenvalue weighted by molar-refractivity contribution is 0.248. The second kappa shape index (κ2) is 6.65. The molecular formula is C15H22Cl2N2O2S. The molecule has 1 aliphatic carbocycles. The summed E-state index contributed by atoms with van der Waals surface area (Å²) in [7, 11) is -1.67. The highest BCUT2D eigenvalue weighted by molar-refractivity contribution is 7.89. The Morgan fingerprint density at radius 2 is 1.95 bits per heavy atom. The van der Waals surface area contributed by atoms with Crippen LogP contribution in [0.1, 0.15) is 30.9 Å². The van der Waals surface area contributed by atoms with Gasteiger partial charge in [0, 0.05) is 23.7 Å². The van der Waals surface area contributed by atoms with Crippen molar-refractivity contribution in [1.29, 1.82) is 0 Å². The summed E-state index contributed by atoms with van der Waals surface area (Å²) in [5.74, 6) is 0. The SMILES string of the molecule is Cc1cc(Cl)c(C)c(S(=O)(=O)NCC(C)N(C)C2CC2)c1Cl. The van der Waals surface area contributed by atoms with E-state index in [1.165, 1.54) is 12.8 Å². The molecular weight excluding hydrogens is 343 g/mol. The first-order valence-corrected chi connectivity index (χ1v) is 9.56. The van der Waals surface area contributed by atoms with E-state index in [2.05, 4.69) is 9.62 Å². The van der Waals surface area contributed by atoms with Crippen LogP contribution in [0.25, 0.3) is 0 Å². The molecule has 0 aliphatic heterocycles. The lowest BCUT2D eigenvalue weighted by atomic mass is 10.2. The summed E-state index contributed by atoms with van der Waals surface area (Å²) in [5.41, 5.74) is 1.13. The first-order valence-electron chi connectivity index (χ1n) is 7.32. The maximum absolute atomic E-state index is 12.6. The molecule has 0 heterocycles. The van der Waals surface area contributed by atoms with Crippen LogP contribution in [0.5, 0.6) is 0 Å². The maximum Gasteiger partial charge on any atom is 0.242 e. The molecule has 2 rings (SSSR count). The van der Waals surface area contributed by atoms with Crippen LogP contribution in [0.4, 0.5) is 0 Å². The van der Waals surface area contributed by atoms with E-state index in [0.717, 1.165) is 0 Å². The van der Waals surface area contributed by atoms with Crippen molar-refractivity contribution in [2.24, 2.45) is 0 Å². The first kappa shape index (κ1) is 18.0. The van der Waals surface area contributed by atoms with Gasteiger partial charge in [-0.3, -0.25) is 4.90 Å². The van der Waals surface area contributed by atoms with Gasteiger partial charge in [0.1, 0.15) is 4.90 Å². The number of halogens is 2. The molecule has 0 aromatic heterocycles. The lowest BCUT2D eigenvalue weighted by Gasteiger charge is -2.25. The Bertz CT molecular complexity index is 646. The second-order valence-corrected chi connectivity index (χ2v) is 8.53. The molecule has 0 radical (unpaired) electrons. The molecule has 0 bridgehead atoms. The van der Waals surface area contributed by atoms with Gasteiger partial charge in [-0.15, -0.1) is 0 Å². The van der Waals surface area contributed by atoms with Crippen LogP contribution < -0.4 is 4.72 Å². The van der Waals surface area contributed by atoms with Crippen molar-refractivity contribution < 1.29 is 8.42 Å². The number of nitrogens with zero attached hydrogens (tertiary/aromatic N) is 1. The zero-order valence-electron chi connectivity index (χ0n) is 13.3. The monoisotopic (exact) mass is 364 g/mol. The third-order valence-electron chi connectivity index (χ3n) is 4.24. The molecule has 1 aliphatic rings. The summed E-state index contributed by atoms with van der Waals surface area (Å²) in [6.45, 7) is 5.77. The van der Waals surface area contributed by atoms with E-state index in [1.807, 2.05) is 14.0 Å².